The van der Waals surface area contributed by atoms with Gasteiger partial charge in [0.05, 0.1) is 0 Å². The Morgan fingerprint density at radius 2 is 2.00 bits per heavy atom. The number of hydrogen-bond donors (Lipinski definition) is 1. The van der Waals surface area contributed by atoms with E-state index in [9.17, 15) is 4.79 Å². The lowest BCUT2D eigenvalue weighted by molar-refractivity contribution is -0.173. The molecular weight excluding hydrogens is 408 g/mol. The number of rotatable bonds is 4. The minimum Gasteiger partial charge on any atom is -0.459 e. The van der Waals surface area contributed by atoms with Crippen LogP contribution in [0.3, 0.4) is 0 Å². The smallest absolute Gasteiger partial charge is 0.330 e. The molecule has 1 spiro atoms. The molecule has 5 aliphatic rings. The summed E-state index contributed by atoms with van der Waals surface area (Å²) in [5.74, 6) is 2.95. The maximum absolute atomic E-state index is 13.0. The van der Waals surface area contributed by atoms with Crippen LogP contribution in [-0.2, 0) is 9.53 Å². The second-order valence-electron chi connectivity index (χ2n) is 12.7. The fourth-order valence-corrected chi connectivity index (χ4v) is 9.25. The van der Waals surface area contributed by atoms with Gasteiger partial charge in [0.2, 0.25) is 0 Å². The van der Waals surface area contributed by atoms with Crippen molar-refractivity contribution in [2.45, 2.75) is 90.8 Å². The molecule has 1 N–H and O–H groups in total. The molecule has 0 amide bonds. The van der Waals surface area contributed by atoms with E-state index in [0.29, 0.717) is 35.8 Å². The number of allylic oxidation sites excluding steroid dienone is 2. The molecule has 0 aromatic carbocycles. The van der Waals surface area contributed by atoms with Crippen molar-refractivity contribution in [3.63, 3.8) is 0 Å². The third-order valence-corrected chi connectivity index (χ3v) is 11.0. The van der Waals surface area contributed by atoms with Crippen molar-refractivity contribution in [1.82, 2.24) is 10.2 Å². The lowest BCUT2D eigenvalue weighted by atomic mass is 9.46. The summed E-state index contributed by atoms with van der Waals surface area (Å²) < 4.78 is 6.49. The normalized spacial score (nSPS) is 47.1. The molecule has 33 heavy (non-hydrogen) atoms. The highest BCUT2D eigenvalue weighted by Crippen LogP contribution is 2.69. The van der Waals surface area contributed by atoms with Crippen LogP contribution < -0.4 is 5.32 Å². The number of hydrogen-bond acceptors (Lipinski definition) is 4. The van der Waals surface area contributed by atoms with Gasteiger partial charge in [-0.15, -0.1) is 0 Å². The molecule has 5 rings (SSSR count). The second-order valence-corrected chi connectivity index (χ2v) is 12.7. The van der Waals surface area contributed by atoms with Gasteiger partial charge in [0, 0.05) is 30.1 Å². The van der Waals surface area contributed by atoms with Crippen LogP contribution in [0.2, 0.25) is 0 Å². The van der Waals surface area contributed by atoms with Crippen LogP contribution in [0.5, 0.6) is 0 Å². The van der Waals surface area contributed by atoms with E-state index in [2.05, 4.69) is 58.1 Å². The van der Waals surface area contributed by atoms with Gasteiger partial charge in [-0.2, -0.15) is 0 Å². The van der Waals surface area contributed by atoms with Gasteiger partial charge in [-0.05, 0) is 101 Å². The third-order valence-electron chi connectivity index (χ3n) is 11.0. The van der Waals surface area contributed by atoms with Crippen molar-refractivity contribution in [3.8, 4) is 0 Å². The van der Waals surface area contributed by atoms with Gasteiger partial charge in [-0.1, -0.05) is 38.5 Å². The van der Waals surface area contributed by atoms with Gasteiger partial charge in [0.1, 0.15) is 6.10 Å². The Morgan fingerprint density at radius 1 is 1.24 bits per heavy atom. The minimum absolute atomic E-state index is 0.0474. The molecule has 0 aromatic rings. The molecule has 3 saturated carbocycles. The average molecular weight is 455 g/mol. The van der Waals surface area contributed by atoms with Gasteiger partial charge in [0.25, 0.3) is 0 Å². The number of likely N-dealkylation sites (tertiary alicyclic amines) is 1. The van der Waals surface area contributed by atoms with Crippen LogP contribution in [-0.4, -0.2) is 49.7 Å². The average Bonchev–Trinajstić information content (AvgIpc) is 3.27. The number of nitrogens with zero attached hydrogens (tertiary/aromatic N) is 1. The molecule has 184 valence electrons. The first-order valence-electron chi connectivity index (χ1n) is 13.7. The van der Waals surface area contributed by atoms with E-state index in [1.807, 2.05) is 6.08 Å². The zero-order valence-corrected chi connectivity index (χ0v) is 21.8. The number of fused-ring (bicyclic) bond motifs is 4. The first-order chi connectivity index (χ1) is 15.7. The van der Waals surface area contributed by atoms with Crippen LogP contribution in [0, 0.1) is 40.4 Å². The molecule has 9 atom stereocenters. The number of carbonyl (C=O) groups excluding carboxylic acids is 1. The molecule has 4 fully saturated rings. The van der Waals surface area contributed by atoms with Crippen molar-refractivity contribution in [2.24, 2.45) is 40.4 Å². The second kappa shape index (κ2) is 8.52. The third kappa shape index (κ3) is 3.57. The highest BCUT2D eigenvalue weighted by Gasteiger charge is 2.68. The molecule has 4 heteroatoms. The fourth-order valence-electron chi connectivity index (χ4n) is 9.25. The summed E-state index contributed by atoms with van der Waals surface area (Å²) in [7, 11) is 4.40. The Bertz CT molecular complexity index is 833. The van der Waals surface area contributed by atoms with E-state index in [0.717, 1.165) is 18.9 Å². The summed E-state index contributed by atoms with van der Waals surface area (Å²) in [6.07, 6.45) is 15.0. The Morgan fingerprint density at radius 3 is 2.73 bits per heavy atom. The molecule has 0 bridgehead atoms. The summed E-state index contributed by atoms with van der Waals surface area (Å²) in [6, 6.07) is 1.20. The Labute approximate surface area is 201 Å². The minimum atomic E-state index is -0.122. The molecule has 4 nitrogen and oxygen atoms in total. The SMILES string of the molecule is CN[C@H]1CC[C@@]2(C)C(=CC[C@H]3[C@@H]4CC[C@@H]5[C@H](C)N(C)C[C@@]54[C@H](OC(=O)/C=C/C(C)C)C[C@@H]32)C1. The Hall–Kier alpha value is -1.13. The van der Waals surface area contributed by atoms with E-state index < -0.39 is 0 Å². The van der Waals surface area contributed by atoms with Crippen molar-refractivity contribution >= 4 is 5.97 Å². The Kier molecular flexibility index (Phi) is 6.09. The standard InChI is InChI=1S/C29H46N2O2/c1-18(2)7-12-27(32)33-26-16-25-22(9-8-20-15-21(30-5)13-14-28(20,25)4)24-11-10-23-19(3)31(6)17-29(23,24)26/h7-8,12,18-19,21-26,30H,9-11,13-17H2,1-6H3/b12-7+/t19-,21-,22-,23+,24-,25-,26+,28-,29+/m0/s1. The quantitative estimate of drug-likeness (QED) is 0.360. The van der Waals surface area contributed by atoms with Gasteiger partial charge in [-0.3, -0.25) is 0 Å². The predicted octanol–water partition coefficient (Wildman–Crippen LogP) is 5.20. The predicted molar refractivity (Wildman–Crippen MR) is 134 cm³/mol. The lowest BCUT2D eigenvalue weighted by Gasteiger charge is -2.60. The molecule has 1 aliphatic heterocycles. The largest absolute Gasteiger partial charge is 0.459 e. The highest BCUT2D eigenvalue weighted by molar-refractivity contribution is 5.82. The number of ether oxygens (including phenoxy) is 1. The van der Waals surface area contributed by atoms with Crippen LogP contribution >= 0.6 is 0 Å². The van der Waals surface area contributed by atoms with Gasteiger partial charge in [-0.25, -0.2) is 4.79 Å². The summed E-state index contributed by atoms with van der Waals surface area (Å²) in [4.78, 5) is 15.6. The van der Waals surface area contributed by atoms with Gasteiger partial charge >= 0.3 is 5.97 Å². The molecule has 1 heterocycles. The molecular formula is C29H46N2O2. The number of carbonyl (C=O) groups is 1. The highest BCUT2D eigenvalue weighted by atomic mass is 16.5. The zero-order valence-electron chi connectivity index (χ0n) is 21.8. The Balaban J connectivity index is 1.50. The first-order valence-corrected chi connectivity index (χ1v) is 13.7. The van der Waals surface area contributed by atoms with E-state index in [-0.39, 0.29) is 22.9 Å². The molecule has 0 radical (unpaired) electrons. The maximum Gasteiger partial charge on any atom is 0.330 e. The van der Waals surface area contributed by atoms with E-state index in [4.69, 9.17) is 4.74 Å². The van der Waals surface area contributed by atoms with E-state index in [1.54, 1.807) is 11.6 Å². The fraction of sp³-hybridized carbons (Fsp3) is 0.828. The van der Waals surface area contributed by atoms with Gasteiger partial charge < -0.3 is 15.0 Å². The summed E-state index contributed by atoms with van der Waals surface area (Å²) in [5, 5.41) is 3.54. The van der Waals surface area contributed by atoms with Crippen LogP contribution in [0.25, 0.3) is 0 Å². The molecule has 0 aromatic heterocycles. The van der Waals surface area contributed by atoms with E-state index >= 15 is 0 Å². The summed E-state index contributed by atoms with van der Waals surface area (Å²) in [5.41, 5.74) is 2.09. The van der Waals surface area contributed by atoms with Crippen molar-refractivity contribution < 1.29 is 9.53 Å². The van der Waals surface area contributed by atoms with Crippen molar-refractivity contribution in [1.29, 1.82) is 0 Å². The first kappa shape index (κ1) is 23.6. The number of esters is 1. The van der Waals surface area contributed by atoms with Crippen molar-refractivity contribution in [3.05, 3.63) is 23.8 Å². The molecule has 4 aliphatic carbocycles. The monoisotopic (exact) mass is 454 g/mol. The van der Waals surface area contributed by atoms with Crippen LogP contribution in [0.1, 0.15) is 72.6 Å². The summed E-state index contributed by atoms with van der Waals surface area (Å²) in [6.45, 7) is 10.3. The lowest BCUT2D eigenvalue weighted by Crippen LogP contribution is -2.59. The molecule has 0 unspecified atom stereocenters. The zero-order chi connectivity index (χ0) is 23.5. The topological polar surface area (TPSA) is 41.6 Å². The summed E-state index contributed by atoms with van der Waals surface area (Å²) >= 11 is 0. The van der Waals surface area contributed by atoms with E-state index in [1.165, 1.54) is 38.5 Å². The van der Waals surface area contributed by atoms with Crippen LogP contribution in [0.4, 0.5) is 0 Å². The number of nitrogens with one attached hydrogen (secondary N) is 1. The maximum atomic E-state index is 13.0. The van der Waals surface area contributed by atoms with Gasteiger partial charge in [0.15, 0.2) is 0 Å². The van der Waals surface area contributed by atoms with Crippen molar-refractivity contribution in [2.75, 3.05) is 20.6 Å². The molecule has 1 saturated heterocycles. The van der Waals surface area contributed by atoms with Crippen LogP contribution in [0.15, 0.2) is 23.8 Å².